The largest absolute Gasteiger partial charge is 0.497 e. The van der Waals surface area contributed by atoms with E-state index in [-0.39, 0.29) is 5.91 Å². The van der Waals surface area contributed by atoms with Gasteiger partial charge < -0.3 is 14.8 Å². The van der Waals surface area contributed by atoms with Crippen LogP contribution in [0, 0.1) is 17.2 Å². The number of benzene rings is 1. The number of nitrogens with zero attached hydrogens (tertiary/aromatic N) is 1. The number of carbonyl (C=O) groups is 1. The molecule has 0 fully saturated rings. The SMILES string of the molecule is CCCO[C@@](C)(CC(C)C)C(=O)Nc1ccc(OC)cc1C#N. The third kappa shape index (κ3) is 5.26. The Kier molecular flexibility index (Phi) is 7.05. The van der Waals surface area contributed by atoms with E-state index in [1.165, 1.54) is 7.11 Å². The van der Waals surface area contributed by atoms with E-state index < -0.39 is 5.60 Å². The van der Waals surface area contributed by atoms with Gasteiger partial charge in [0, 0.05) is 6.61 Å². The molecule has 0 bridgehead atoms. The molecule has 0 aliphatic heterocycles. The van der Waals surface area contributed by atoms with Crippen molar-refractivity contribution in [2.75, 3.05) is 19.0 Å². The molecule has 0 aliphatic rings. The average Bonchev–Trinajstić information content (AvgIpc) is 2.52. The predicted octanol–water partition coefficient (Wildman–Crippen LogP) is 3.74. The Balaban J connectivity index is 3.00. The Bertz CT molecular complexity index is 578. The van der Waals surface area contributed by atoms with Crippen LogP contribution in [0.15, 0.2) is 18.2 Å². The highest BCUT2D eigenvalue weighted by molar-refractivity contribution is 5.98. The molecular weight excluding hydrogens is 292 g/mol. The van der Waals surface area contributed by atoms with E-state index in [1.54, 1.807) is 25.1 Å². The van der Waals surface area contributed by atoms with Crippen molar-refractivity contribution in [3.63, 3.8) is 0 Å². The fraction of sp³-hybridized carbons (Fsp3) is 0.556. The molecule has 0 saturated heterocycles. The van der Waals surface area contributed by atoms with Crippen molar-refractivity contribution < 1.29 is 14.3 Å². The molecule has 0 radical (unpaired) electrons. The van der Waals surface area contributed by atoms with E-state index in [0.29, 0.717) is 35.9 Å². The maximum atomic E-state index is 12.7. The van der Waals surface area contributed by atoms with Gasteiger partial charge in [0.1, 0.15) is 17.4 Å². The van der Waals surface area contributed by atoms with Crippen LogP contribution < -0.4 is 10.1 Å². The van der Waals surface area contributed by atoms with Crippen LogP contribution in [0.4, 0.5) is 5.69 Å². The van der Waals surface area contributed by atoms with E-state index in [9.17, 15) is 10.1 Å². The third-order valence-electron chi connectivity index (χ3n) is 3.50. The Hall–Kier alpha value is -2.06. The van der Waals surface area contributed by atoms with Crippen LogP contribution in [0.5, 0.6) is 5.75 Å². The Labute approximate surface area is 138 Å². The van der Waals surface area contributed by atoms with Crippen molar-refractivity contribution in [2.24, 2.45) is 5.92 Å². The number of rotatable bonds is 8. The van der Waals surface area contributed by atoms with Crippen molar-refractivity contribution >= 4 is 11.6 Å². The molecule has 1 atom stereocenters. The van der Waals surface area contributed by atoms with Crippen LogP contribution >= 0.6 is 0 Å². The molecular formula is C18H26N2O3. The molecule has 126 valence electrons. The van der Waals surface area contributed by atoms with Crippen LogP contribution in [-0.2, 0) is 9.53 Å². The van der Waals surface area contributed by atoms with E-state index in [4.69, 9.17) is 9.47 Å². The fourth-order valence-corrected chi connectivity index (χ4v) is 2.43. The van der Waals surface area contributed by atoms with Crippen LogP contribution in [-0.4, -0.2) is 25.2 Å². The van der Waals surface area contributed by atoms with Crippen LogP contribution in [0.25, 0.3) is 0 Å². The molecule has 0 aliphatic carbocycles. The molecule has 1 rings (SSSR count). The van der Waals surface area contributed by atoms with Gasteiger partial charge >= 0.3 is 0 Å². The van der Waals surface area contributed by atoms with Gasteiger partial charge in [-0.3, -0.25) is 4.79 Å². The second-order valence-electron chi connectivity index (χ2n) is 6.15. The standard InChI is InChI=1S/C18H26N2O3/c1-6-9-23-18(4,11-13(2)3)17(21)20-16-8-7-15(22-5)10-14(16)12-19/h7-8,10,13H,6,9,11H2,1-5H3,(H,20,21)/t18-/m0/s1. The minimum atomic E-state index is -0.920. The number of ether oxygens (including phenoxy) is 2. The Morgan fingerprint density at radius 1 is 1.43 bits per heavy atom. The van der Waals surface area contributed by atoms with Gasteiger partial charge in [-0.05, 0) is 43.9 Å². The third-order valence-corrected chi connectivity index (χ3v) is 3.50. The van der Waals surface area contributed by atoms with E-state index >= 15 is 0 Å². The zero-order valence-corrected chi connectivity index (χ0v) is 14.6. The first-order valence-corrected chi connectivity index (χ1v) is 7.89. The van der Waals surface area contributed by atoms with Gasteiger partial charge in [0.2, 0.25) is 0 Å². The van der Waals surface area contributed by atoms with E-state index in [2.05, 4.69) is 25.2 Å². The molecule has 1 aromatic carbocycles. The quantitative estimate of drug-likeness (QED) is 0.792. The highest BCUT2D eigenvalue weighted by Gasteiger charge is 2.35. The van der Waals surface area contributed by atoms with Crippen LogP contribution in [0.3, 0.4) is 0 Å². The highest BCUT2D eigenvalue weighted by atomic mass is 16.5. The number of nitriles is 1. The molecule has 0 aromatic heterocycles. The second kappa shape index (κ2) is 8.54. The first kappa shape index (κ1) is 19.0. The van der Waals surface area contributed by atoms with Gasteiger partial charge in [-0.15, -0.1) is 0 Å². The monoisotopic (exact) mass is 318 g/mol. The molecule has 0 saturated carbocycles. The topological polar surface area (TPSA) is 71.3 Å². The summed E-state index contributed by atoms with van der Waals surface area (Å²) in [6.07, 6.45) is 1.45. The van der Waals surface area contributed by atoms with Crippen molar-refractivity contribution in [2.45, 2.75) is 46.1 Å². The average molecular weight is 318 g/mol. The van der Waals surface area contributed by atoms with Crippen molar-refractivity contribution in [3.05, 3.63) is 23.8 Å². The summed E-state index contributed by atoms with van der Waals surface area (Å²) >= 11 is 0. The van der Waals surface area contributed by atoms with Crippen molar-refractivity contribution in [1.29, 1.82) is 5.26 Å². The smallest absolute Gasteiger partial charge is 0.256 e. The van der Waals surface area contributed by atoms with Crippen LogP contribution in [0.1, 0.15) is 46.1 Å². The molecule has 0 heterocycles. The Morgan fingerprint density at radius 3 is 2.65 bits per heavy atom. The first-order valence-electron chi connectivity index (χ1n) is 7.89. The second-order valence-corrected chi connectivity index (χ2v) is 6.15. The molecule has 0 unspecified atom stereocenters. The summed E-state index contributed by atoms with van der Waals surface area (Å²) in [5.74, 6) is 0.655. The highest BCUT2D eigenvalue weighted by Crippen LogP contribution is 2.26. The van der Waals surface area contributed by atoms with Gasteiger partial charge in [0.05, 0.1) is 18.4 Å². The maximum Gasteiger partial charge on any atom is 0.256 e. The van der Waals surface area contributed by atoms with E-state index in [0.717, 1.165) is 6.42 Å². The number of anilines is 1. The number of nitrogens with one attached hydrogen (secondary N) is 1. The summed E-state index contributed by atoms with van der Waals surface area (Å²) in [6.45, 7) is 8.42. The van der Waals surface area contributed by atoms with Gasteiger partial charge in [0.15, 0.2) is 0 Å². The molecule has 5 heteroatoms. The number of hydrogen-bond donors (Lipinski definition) is 1. The lowest BCUT2D eigenvalue weighted by Gasteiger charge is -2.30. The van der Waals surface area contributed by atoms with Gasteiger partial charge in [-0.25, -0.2) is 0 Å². The van der Waals surface area contributed by atoms with Gasteiger partial charge in [-0.1, -0.05) is 20.8 Å². The number of carbonyl (C=O) groups excluding carboxylic acids is 1. The minimum absolute atomic E-state index is 0.235. The lowest BCUT2D eigenvalue weighted by Crippen LogP contribution is -2.44. The minimum Gasteiger partial charge on any atom is -0.497 e. The molecule has 23 heavy (non-hydrogen) atoms. The predicted molar refractivity (Wildman–Crippen MR) is 90.4 cm³/mol. The Morgan fingerprint density at radius 2 is 2.13 bits per heavy atom. The lowest BCUT2D eigenvalue weighted by molar-refractivity contribution is -0.141. The van der Waals surface area contributed by atoms with Gasteiger partial charge in [-0.2, -0.15) is 5.26 Å². The van der Waals surface area contributed by atoms with Crippen LogP contribution in [0.2, 0.25) is 0 Å². The zero-order valence-electron chi connectivity index (χ0n) is 14.6. The summed E-state index contributed by atoms with van der Waals surface area (Å²) in [5.41, 5.74) is -0.0925. The molecule has 1 N–H and O–H groups in total. The number of hydrogen-bond acceptors (Lipinski definition) is 4. The number of methoxy groups -OCH3 is 1. The summed E-state index contributed by atoms with van der Waals surface area (Å²) in [5, 5.41) is 12.1. The zero-order chi connectivity index (χ0) is 17.5. The number of amides is 1. The van der Waals surface area contributed by atoms with Crippen molar-refractivity contribution in [3.8, 4) is 11.8 Å². The summed E-state index contributed by atoms with van der Waals surface area (Å²) in [7, 11) is 1.53. The van der Waals surface area contributed by atoms with E-state index in [1.807, 2.05) is 6.92 Å². The molecule has 0 spiro atoms. The summed E-state index contributed by atoms with van der Waals surface area (Å²) in [6, 6.07) is 7.06. The molecule has 1 amide bonds. The van der Waals surface area contributed by atoms with Crippen molar-refractivity contribution in [1.82, 2.24) is 0 Å². The van der Waals surface area contributed by atoms with Gasteiger partial charge in [0.25, 0.3) is 5.91 Å². The lowest BCUT2D eigenvalue weighted by atomic mass is 9.92. The first-order chi connectivity index (χ1) is 10.9. The summed E-state index contributed by atoms with van der Waals surface area (Å²) < 4.78 is 10.9. The normalized spacial score (nSPS) is 13.3. The maximum absolute atomic E-state index is 12.7. The summed E-state index contributed by atoms with van der Waals surface area (Å²) in [4.78, 5) is 12.7. The molecule has 5 nitrogen and oxygen atoms in total. The molecule has 1 aromatic rings. The fourth-order valence-electron chi connectivity index (χ4n) is 2.43.